The minimum Gasteiger partial charge on any atom is -0.376 e. The van der Waals surface area contributed by atoms with Crippen molar-refractivity contribution in [3.63, 3.8) is 0 Å². The van der Waals surface area contributed by atoms with Crippen LogP contribution in [0, 0.1) is 0 Å². The van der Waals surface area contributed by atoms with Gasteiger partial charge in [0.1, 0.15) is 0 Å². The first-order valence-electron chi connectivity index (χ1n) is 6.84. The minimum absolute atomic E-state index is 0.136. The number of anilines is 1. The van der Waals surface area contributed by atoms with Crippen LogP contribution in [0.3, 0.4) is 0 Å². The number of nitrogens with zero attached hydrogens (tertiary/aromatic N) is 2. The highest BCUT2D eigenvalue weighted by molar-refractivity contribution is 5.89. The van der Waals surface area contributed by atoms with Crippen LogP contribution in [0.5, 0.6) is 0 Å². The van der Waals surface area contributed by atoms with Gasteiger partial charge in [0, 0.05) is 24.4 Å². The number of amides is 2. The molecule has 1 aliphatic rings. The van der Waals surface area contributed by atoms with Gasteiger partial charge in [0.2, 0.25) is 12.2 Å². The Morgan fingerprint density at radius 2 is 2.19 bits per heavy atom. The van der Waals surface area contributed by atoms with Crippen molar-refractivity contribution in [1.29, 1.82) is 0 Å². The van der Waals surface area contributed by atoms with Crippen LogP contribution in [0.15, 0.2) is 35.2 Å². The first-order chi connectivity index (χ1) is 10.3. The zero-order chi connectivity index (χ0) is 14.5. The number of carbonyl (C=O) groups is 1. The predicted molar refractivity (Wildman–Crippen MR) is 75.7 cm³/mol. The van der Waals surface area contributed by atoms with Crippen LogP contribution < -0.4 is 10.6 Å². The summed E-state index contributed by atoms with van der Waals surface area (Å²) >= 11 is 0. The monoisotopic (exact) mass is 288 g/mol. The lowest BCUT2D eigenvalue weighted by Crippen LogP contribution is -2.34. The van der Waals surface area contributed by atoms with E-state index in [1.54, 1.807) is 12.1 Å². The molecule has 0 saturated carbocycles. The largest absolute Gasteiger partial charge is 0.376 e. The molecule has 0 radical (unpaired) electrons. The molecule has 2 heterocycles. The molecule has 1 aromatic carbocycles. The summed E-state index contributed by atoms with van der Waals surface area (Å²) in [5.41, 5.74) is 1.53. The Hall–Kier alpha value is -2.41. The summed E-state index contributed by atoms with van der Waals surface area (Å²) in [5, 5.41) is 9.32. The predicted octanol–water partition coefficient (Wildman–Crippen LogP) is 2.04. The number of benzene rings is 1. The van der Waals surface area contributed by atoms with Crippen molar-refractivity contribution < 1.29 is 14.1 Å². The van der Waals surface area contributed by atoms with E-state index in [2.05, 4.69) is 20.8 Å². The van der Waals surface area contributed by atoms with Gasteiger partial charge >= 0.3 is 6.03 Å². The topological polar surface area (TPSA) is 89.3 Å². The number of carbonyl (C=O) groups excluding carboxylic acids is 1. The van der Waals surface area contributed by atoms with E-state index >= 15 is 0 Å². The van der Waals surface area contributed by atoms with E-state index in [-0.39, 0.29) is 12.1 Å². The average molecular weight is 288 g/mol. The summed E-state index contributed by atoms with van der Waals surface area (Å²) in [4.78, 5) is 15.7. The molecule has 0 unspecified atom stereocenters. The lowest BCUT2D eigenvalue weighted by atomic mass is 10.2. The molecule has 0 aliphatic carbocycles. The molecule has 21 heavy (non-hydrogen) atoms. The van der Waals surface area contributed by atoms with Crippen LogP contribution in [0.25, 0.3) is 11.4 Å². The fourth-order valence-corrected chi connectivity index (χ4v) is 2.19. The van der Waals surface area contributed by atoms with E-state index in [4.69, 9.17) is 9.26 Å². The van der Waals surface area contributed by atoms with Gasteiger partial charge in [-0.3, -0.25) is 0 Å². The van der Waals surface area contributed by atoms with Crippen LogP contribution in [-0.4, -0.2) is 35.4 Å². The van der Waals surface area contributed by atoms with Gasteiger partial charge in [-0.1, -0.05) is 5.16 Å². The van der Waals surface area contributed by atoms with Crippen LogP contribution in [-0.2, 0) is 4.74 Å². The fourth-order valence-electron chi connectivity index (χ4n) is 2.19. The number of ether oxygens (including phenoxy) is 1. The van der Waals surface area contributed by atoms with Gasteiger partial charge in [0.25, 0.3) is 0 Å². The molecule has 2 amide bonds. The minimum atomic E-state index is -0.238. The van der Waals surface area contributed by atoms with E-state index in [1.165, 1.54) is 6.39 Å². The maximum Gasteiger partial charge on any atom is 0.319 e. The van der Waals surface area contributed by atoms with E-state index in [0.29, 0.717) is 18.1 Å². The Labute approximate surface area is 121 Å². The molecule has 1 aliphatic heterocycles. The first-order valence-corrected chi connectivity index (χ1v) is 6.84. The van der Waals surface area contributed by atoms with Gasteiger partial charge in [0.15, 0.2) is 0 Å². The SMILES string of the molecule is O=C(NC[C@H]1CCCO1)Nc1ccc(-c2ncon2)cc1. The molecule has 110 valence electrons. The lowest BCUT2D eigenvalue weighted by Gasteiger charge is -2.11. The normalized spacial score (nSPS) is 17.6. The summed E-state index contributed by atoms with van der Waals surface area (Å²) in [7, 11) is 0. The van der Waals surface area contributed by atoms with E-state index < -0.39 is 0 Å². The number of hydrogen-bond acceptors (Lipinski definition) is 5. The van der Waals surface area contributed by atoms with Gasteiger partial charge in [-0.25, -0.2) is 4.79 Å². The number of urea groups is 1. The highest BCUT2D eigenvalue weighted by Crippen LogP contribution is 2.17. The van der Waals surface area contributed by atoms with Crippen molar-refractivity contribution in [3.05, 3.63) is 30.7 Å². The molecule has 2 N–H and O–H groups in total. The van der Waals surface area contributed by atoms with Crippen molar-refractivity contribution in [2.45, 2.75) is 18.9 Å². The Balaban J connectivity index is 1.51. The van der Waals surface area contributed by atoms with Crippen molar-refractivity contribution in [1.82, 2.24) is 15.5 Å². The van der Waals surface area contributed by atoms with Gasteiger partial charge in [-0.2, -0.15) is 4.98 Å². The third kappa shape index (κ3) is 3.57. The Morgan fingerprint density at radius 1 is 1.33 bits per heavy atom. The zero-order valence-electron chi connectivity index (χ0n) is 11.4. The summed E-state index contributed by atoms with van der Waals surface area (Å²) in [6.45, 7) is 1.32. The molecule has 1 fully saturated rings. The number of hydrogen-bond donors (Lipinski definition) is 2. The van der Waals surface area contributed by atoms with Gasteiger partial charge in [-0.15, -0.1) is 0 Å². The third-order valence-electron chi connectivity index (χ3n) is 3.28. The standard InChI is InChI=1S/C14H16N4O3/c19-14(15-8-12-2-1-7-20-12)17-11-5-3-10(4-6-11)13-16-9-21-18-13/h3-6,9,12H,1-2,7-8H2,(H2,15,17,19)/t12-/m1/s1. The molecule has 0 spiro atoms. The lowest BCUT2D eigenvalue weighted by molar-refractivity contribution is 0.112. The van der Waals surface area contributed by atoms with Gasteiger partial charge in [-0.05, 0) is 37.1 Å². The maximum atomic E-state index is 11.8. The molecule has 1 saturated heterocycles. The first kappa shape index (κ1) is 13.6. The average Bonchev–Trinajstić information content (AvgIpc) is 3.19. The Morgan fingerprint density at radius 3 is 2.86 bits per heavy atom. The van der Waals surface area contributed by atoms with E-state index in [9.17, 15) is 4.79 Å². The summed E-state index contributed by atoms with van der Waals surface area (Å²) in [6, 6.07) is 6.98. The van der Waals surface area contributed by atoms with Crippen LogP contribution in [0.1, 0.15) is 12.8 Å². The highest BCUT2D eigenvalue weighted by Gasteiger charge is 2.16. The zero-order valence-corrected chi connectivity index (χ0v) is 11.4. The number of nitrogens with one attached hydrogen (secondary N) is 2. The smallest absolute Gasteiger partial charge is 0.319 e. The van der Waals surface area contributed by atoms with Crippen LogP contribution >= 0.6 is 0 Å². The maximum absolute atomic E-state index is 11.8. The van der Waals surface area contributed by atoms with Crippen LogP contribution in [0.4, 0.5) is 10.5 Å². The summed E-state index contributed by atoms with van der Waals surface area (Å²) < 4.78 is 10.1. The third-order valence-corrected chi connectivity index (χ3v) is 3.28. The quantitative estimate of drug-likeness (QED) is 0.898. The molecular formula is C14H16N4O3. The second-order valence-corrected chi connectivity index (χ2v) is 4.80. The van der Waals surface area contributed by atoms with Gasteiger partial charge < -0.3 is 19.9 Å². The van der Waals surface area contributed by atoms with Crippen molar-refractivity contribution in [3.8, 4) is 11.4 Å². The molecule has 2 aromatic rings. The van der Waals surface area contributed by atoms with Crippen molar-refractivity contribution >= 4 is 11.7 Å². The molecule has 7 nitrogen and oxygen atoms in total. The van der Waals surface area contributed by atoms with Crippen molar-refractivity contribution in [2.75, 3.05) is 18.5 Å². The van der Waals surface area contributed by atoms with Crippen LogP contribution in [0.2, 0.25) is 0 Å². The highest BCUT2D eigenvalue weighted by atomic mass is 16.5. The fraction of sp³-hybridized carbons (Fsp3) is 0.357. The molecule has 1 aromatic heterocycles. The molecule has 7 heteroatoms. The Kier molecular flexibility index (Phi) is 4.11. The number of rotatable bonds is 4. The van der Waals surface area contributed by atoms with E-state index in [1.807, 2.05) is 12.1 Å². The summed E-state index contributed by atoms with van der Waals surface area (Å²) in [6.07, 6.45) is 3.47. The number of aromatic nitrogens is 2. The van der Waals surface area contributed by atoms with Crippen molar-refractivity contribution in [2.24, 2.45) is 0 Å². The summed E-state index contributed by atoms with van der Waals surface area (Å²) in [5.74, 6) is 0.518. The molecule has 0 bridgehead atoms. The molecule has 1 atom stereocenters. The van der Waals surface area contributed by atoms with E-state index in [0.717, 1.165) is 25.0 Å². The molecular weight excluding hydrogens is 272 g/mol. The molecule has 3 rings (SSSR count). The second-order valence-electron chi connectivity index (χ2n) is 4.80. The Bertz CT molecular complexity index is 577. The second kappa shape index (κ2) is 6.36. The van der Waals surface area contributed by atoms with Gasteiger partial charge in [0.05, 0.1) is 6.10 Å².